The van der Waals surface area contributed by atoms with Gasteiger partial charge in [-0.1, -0.05) is 114 Å². The van der Waals surface area contributed by atoms with E-state index in [1.54, 1.807) is 0 Å². The second-order valence-electron chi connectivity index (χ2n) is 9.19. The number of carbonyl (C=O) groups is 1. The lowest BCUT2D eigenvalue weighted by Crippen LogP contribution is -2.06. The number of cyclic esters (lactones) is 1. The van der Waals surface area contributed by atoms with Gasteiger partial charge in [-0.25, -0.2) is 0 Å². The van der Waals surface area contributed by atoms with E-state index in [1.807, 2.05) is 0 Å². The van der Waals surface area contributed by atoms with Crippen LogP contribution in [0.5, 0.6) is 0 Å². The van der Waals surface area contributed by atoms with Crippen LogP contribution in [0.3, 0.4) is 0 Å². The fourth-order valence-electron chi connectivity index (χ4n) is 4.58. The molecule has 2 aromatic rings. The lowest BCUT2D eigenvalue weighted by atomic mass is 9.94. The summed E-state index contributed by atoms with van der Waals surface area (Å²) in [6.45, 7) is 4.49. The number of ether oxygens (including phenoxy) is 1. The summed E-state index contributed by atoms with van der Waals surface area (Å²) in [5.41, 5.74) is 5.01. The molecule has 1 fully saturated rings. The maximum absolute atomic E-state index is 12.3. The molecule has 1 aliphatic heterocycles. The molecule has 2 heteroatoms. The molecule has 2 nitrogen and oxygen atoms in total. The smallest absolute Gasteiger partial charge is 0.309 e. The lowest BCUT2D eigenvalue weighted by Gasteiger charge is -2.11. The molecule has 0 aromatic heterocycles. The highest BCUT2D eigenvalue weighted by Crippen LogP contribution is 2.36. The van der Waals surface area contributed by atoms with Crippen LogP contribution < -0.4 is 0 Å². The van der Waals surface area contributed by atoms with Crippen LogP contribution >= 0.6 is 0 Å². The Hall–Kier alpha value is -2.09. The zero-order valence-electron chi connectivity index (χ0n) is 19.6. The van der Waals surface area contributed by atoms with E-state index in [0.717, 1.165) is 24.8 Å². The normalized spacial score (nSPS) is 18.3. The number of rotatable bonds is 13. The summed E-state index contributed by atoms with van der Waals surface area (Å²) in [5.74, 6) is 0.0809. The van der Waals surface area contributed by atoms with Crippen LogP contribution in [0.15, 0.2) is 48.5 Å². The van der Waals surface area contributed by atoms with Gasteiger partial charge in [0, 0.05) is 6.42 Å². The van der Waals surface area contributed by atoms with Crippen molar-refractivity contribution < 1.29 is 9.53 Å². The summed E-state index contributed by atoms with van der Waals surface area (Å²) >= 11 is 0. The van der Waals surface area contributed by atoms with E-state index in [2.05, 4.69) is 62.4 Å². The van der Waals surface area contributed by atoms with Crippen LogP contribution in [-0.4, -0.2) is 5.97 Å². The van der Waals surface area contributed by atoms with Gasteiger partial charge in [0.2, 0.25) is 0 Å². The van der Waals surface area contributed by atoms with Gasteiger partial charge in [0.15, 0.2) is 0 Å². The Morgan fingerprint density at radius 1 is 0.742 bits per heavy atom. The van der Waals surface area contributed by atoms with Crippen molar-refractivity contribution in [2.75, 3.05) is 0 Å². The highest BCUT2D eigenvalue weighted by atomic mass is 16.5. The van der Waals surface area contributed by atoms with Gasteiger partial charge >= 0.3 is 5.97 Å². The Bertz CT molecular complexity index is 775. The monoisotopic (exact) mass is 420 g/mol. The largest absolute Gasteiger partial charge is 0.457 e. The fourth-order valence-corrected chi connectivity index (χ4v) is 4.58. The molecule has 2 aromatic carbocycles. The van der Waals surface area contributed by atoms with Crippen LogP contribution in [0.4, 0.5) is 0 Å². The van der Waals surface area contributed by atoms with Crippen molar-refractivity contribution >= 4 is 5.97 Å². The minimum atomic E-state index is -0.0763. The number of hydrogen-bond acceptors (Lipinski definition) is 2. The minimum absolute atomic E-state index is 0.00120. The second kappa shape index (κ2) is 12.7. The van der Waals surface area contributed by atoms with Crippen molar-refractivity contribution in [3.05, 3.63) is 59.7 Å². The van der Waals surface area contributed by atoms with Crippen molar-refractivity contribution in [3.8, 4) is 11.1 Å². The van der Waals surface area contributed by atoms with Crippen molar-refractivity contribution in [2.24, 2.45) is 5.92 Å². The molecule has 0 saturated carbocycles. The summed E-state index contributed by atoms with van der Waals surface area (Å²) in [6.07, 6.45) is 14.3. The van der Waals surface area contributed by atoms with Gasteiger partial charge in [0.25, 0.3) is 0 Å². The van der Waals surface area contributed by atoms with E-state index in [4.69, 9.17) is 4.74 Å². The Morgan fingerprint density at radius 3 is 2.00 bits per heavy atom. The first kappa shape index (κ1) is 23.6. The maximum atomic E-state index is 12.3. The van der Waals surface area contributed by atoms with Gasteiger partial charge in [-0.15, -0.1) is 0 Å². The van der Waals surface area contributed by atoms with Crippen LogP contribution in [-0.2, 0) is 16.0 Å². The predicted octanol–water partition coefficient (Wildman–Crippen LogP) is 8.44. The number of aryl methyl sites for hydroxylation is 1. The summed E-state index contributed by atoms with van der Waals surface area (Å²) in [7, 11) is 0. The van der Waals surface area contributed by atoms with Gasteiger partial charge in [0.1, 0.15) is 6.10 Å². The van der Waals surface area contributed by atoms with E-state index in [-0.39, 0.29) is 18.0 Å². The summed E-state index contributed by atoms with van der Waals surface area (Å²) in [5, 5.41) is 0. The van der Waals surface area contributed by atoms with E-state index in [1.165, 1.54) is 74.5 Å². The average Bonchev–Trinajstić information content (AvgIpc) is 3.17. The Kier molecular flexibility index (Phi) is 9.65. The molecule has 0 radical (unpaired) electrons. The first-order valence-electron chi connectivity index (χ1n) is 12.6. The molecule has 0 spiro atoms. The molecule has 168 valence electrons. The summed E-state index contributed by atoms with van der Waals surface area (Å²) in [6, 6.07) is 17.6. The molecule has 3 rings (SSSR count). The molecule has 0 aliphatic carbocycles. The van der Waals surface area contributed by atoms with E-state index < -0.39 is 0 Å². The number of carbonyl (C=O) groups excluding carboxylic acids is 1. The molecule has 0 N–H and O–H groups in total. The van der Waals surface area contributed by atoms with Crippen molar-refractivity contribution in [1.29, 1.82) is 0 Å². The van der Waals surface area contributed by atoms with Crippen LogP contribution in [0, 0.1) is 5.92 Å². The molecular formula is C29H40O2. The number of hydrogen-bond donors (Lipinski definition) is 0. The molecule has 0 bridgehead atoms. The van der Waals surface area contributed by atoms with Crippen molar-refractivity contribution in [3.63, 3.8) is 0 Å². The predicted molar refractivity (Wildman–Crippen MR) is 130 cm³/mol. The molecule has 1 saturated heterocycles. The van der Waals surface area contributed by atoms with Gasteiger partial charge in [0.05, 0.1) is 5.92 Å². The first-order chi connectivity index (χ1) is 15.2. The van der Waals surface area contributed by atoms with E-state index in [9.17, 15) is 4.79 Å². The Morgan fingerprint density at radius 2 is 1.32 bits per heavy atom. The van der Waals surface area contributed by atoms with Gasteiger partial charge in [-0.05, 0) is 41.5 Å². The second-order valence-corrected chi connectivity index (χ2v) is 9.19. The highest BCUT2D eigenvalue weighted by Gasteiger charge is 2.34. The maximum Gasteiger partial charge on any atom is 0.309 e. The van der Waals surface area contributed by atoms with Gasteiger partial charge in [-0.2, -0.15) is 0 Å². The van der Waals surface area contributed by atoms with Gasteiger partial charge in [-0.3, -0.25) is 4.79 Å². The fraction of sp³-hybridized carbons (Fsp3) is 0.552. The van der Waals surface area contributed by atoms with Crippen molar-refractivity contribution in [1.82, 2.24) is 0 Å². The molecule has 0 unspecified atom stereocenters. The molecule has 2 atom stereocenters. The zero-order chi connectivity index (χ0) is 21.9. The molecule has 1 heterocycles. The minimum Gasteiger partial charge on any atom is -0.457 e. The topological polar surface area (TPSA) is 26.3 Å². The van der Waals surface area contributed by atoms with Crippen molar-refractivity contribution in [2.45, 2.75) is 97.0 Å². The summed E-state index contributed by atoms with van der Waals surface area (Å²) in [4.78, 5) is 12.3. The SMILES string of the molecule is CCCCCCCC[C@@H]1C[C@@H](c2ccc(-c3ccc(CCCCC)cc3)cc2)OC1=O. The zero-order valence-corrected chi connectivity index (χ0v) is 19.6. The molecule has 31 heavy (non-hydrogen) atoms. The van der Waals surface area contributed by atoms with Crippen LogP contribution in [0.25, 0.3) is 11.1 Å². The van der Waals surface area contributed by atoms with Gasteiger partial charge < -0.3 is 4.74 Å². The Labute approximate surface area is 189 Å². The van der Waals surface area contributed by atoms with Crippen LogP contribution in [0.2, 0.25) is 0 Å². The lowest BCUT2D eigenvalue weighted by molar-refractivity contribution is -0.144. The Balaban J connectivity index is 1.49. The number of benzene rings is 2. The van der Waals surface area contributed by atoms with E-state index >= 15 is 0 Å². The summed E-state index contributed by atoms with van der Waals surface area (Å²) < 4.78 is 5.72. The quantitative estimate of drug-likeness (QED) is 0.240. The molecule has 1 aliphatic rings. The molecular weight excluding hydrogens is 380 g/mol. The first-order valence-corrected chi connectivity index (χ1v) is 12.6. The van der Waals surface area contributed by atoms with E-state index in [0.29, 0.717) is 0 Å². The average molecular weight is 421 g/mol. The third-order valence-electron chi connectivity index (χ3n) is 6.64. The highest BCUT2D eigenvalue weighted by molar-refractivity contribution is 5.75. The number of esters is 1. The third kappa shape index (κ3) is 7.23. The third-order valence-corrected chi connectivity index (χ3v) is 6.64. The number of unbranched alkanes of at least 4 members (excludes halogenated alkanes) is 7. The standard InChI is InChI=1S/C29H40O2/c1-3-5-7-8-9-11-13-27-22-28(31-29(27)30)26-20-18-25(19-21-26)24-16-14-23(15-17-24)12-10-6-4-2/h14-21,27-28H,3-13,22H2,1-2H3/t27-,28+/m1/s1. The van der Waals surface area contributed by atoms with Crippen LogP contribution in [0.1, 0.15) is 102 Å². The molecule has 0 amide bonds.